The molecular weight excluding hydrogens is 230 g/mol. The van der Waals surface area contributed by atoms with Crippen molar-refractivity contribution in [2.45, 2.75) is 26.3 Å². The first kappa shape index (κ1) is 13.1. The van der Waals surface area contributed by atoms with E-state index in [1.165, 1.54) is 12.8 Å². The molecule has 0 N–H and O–H groups in total. The minimum Gasteiger partial charge on any atom is -0.462 e. The number of esters is 1. The highest BCUT2D eigenvalue weighted by Gasteiger charge is 2.24. The Morgan fingerprint density at radius 3 is 2.94 bits per heavy atom. The average molecular weight is 251 g/mol. The largest absolute Gasteiger partial charge is 0.462 e. The Kier molecular flexibility index (Phi) is 4.01. The molecule has 0 saturated heterocycles. The van der Waals surface area contributed by atoms with Crippen LogP contribution in [0.2, 0.25) is 0 Å². The summed E-state index contributed by atoms with van der Waals surface area (Å²) in [4.78, 5) is 14.0. The van der Waals surface area contributed by atoms with E-state index in [9.17, 15) is 4.79 Å². The van der Waals surface area contributed by atoms with E-state index >= 15 is 0 Å². The number of hydrogen-bond donors (Lipinski definition) is 0. The normalized spacial score (nSPS) is 15.1. The summed E-state index contributed by atoms with van der Waals surface area (Å²) in [6.07, 6.45) is 4.26. The van der Waals surface area contributed by atoms with Gasteiger partial charge in [-0.05, 0) is 32.7 Å². The molecule has 18 heavy (non-hydrogen) atoms. The fourth-order valence-electron chi connectivity index (χ4n) is 2.09. The molecule has 0 atom stereocenters. The van der Waals surface area contributed by atoms with E-state index in [1.54, 1.807) is 10.9 Å². The lowest BCUT2D eigenvalue weighted by atomic mass is 10.2. The molecule has 0 aliphatic heterocycles. The summed E-state index contributed by atoms with van der Waals surface area (Å²) in [5.74, 6) is 0.565. The van der Waals surface area contributed by atoms with Crippen LogP contribution in [0.5, 0.6) is 0 Å². The molecule has 1 fully saturated rings. The molecule has 0 spiro atoms. The Balaban J connectivity index is 2.05. The maximum absolute atomic E-state index is 11.8. The van der Waals surface area contributed by atoms with Gasteiger partial charge in [0.15, 0.2) is 0 Å². The van der Waals surface area contributed by atoms with Crippen LogP contribution in [0.4, 0.5) is 0 Å². The van der Waals surface area contributed by atoms with Crippen LogP contribution in [-0.2, 0) is 18.3 Å². The quantitative estimate of drug-likeness (QED) is 0.718. The minimum absolute atomic E-state index is 0.277. The SMILES string of the molecule is CCOC(=O)c1cnn(C)c1CN(C)CC1CC1. The number of aromatic nitrogens is 2. The van der Waals surface area contributed by atoms with Crippen molar-refractivity contribution < 1.29 is 9.53 Å². The molecule has 1 saturated carbocycles. The van der Waals surface area contributed by atoms with Gasteiger partial charge in [0.25, 0.3) is 0 Å². The first-order valence-electron chi connectivity index (χ1n) is 6.48. The predicted octanol–water partition coefficient (Wildman–Crippen LogP) is 1.44. The predicted molar refractivity (Wildman–Crippen MR) is 68.2 cm³/mol. The fraction of sp³-hybridized carbons (Fsp3) is 0.692. The van der Waals surface area contributed by atoms with Crippen molar-refractivity contribution in [1.82, 2.24) is 14.7 Å². The van der Waals surface area contributed by atoms with Gasteiger partial charge in [-0.25, -0.2) is 4.79 Å². The maximum atomic E-state index is 11.8. The second kappa shape index (κ2) is 5.52. The second-order valence-electron chi connectivity index (χ2n) is 4.99. The van der Waals surface area contributed by atoms with Gasteiger partial charge in [0.1, 0.15) is 5.56 Å². The van der Waals surface area contributed by atoms with E-state index < -0.39 is 0 Å². The third-order valence-electron chi connectivity index (χ3n) is 3.24. The Labute approximate surface area is 108 Å². The van der Waals surface area contributed by atoms with Gasteiger partial charge >= 0.3 is 5.97 Å². The third kappa shape index (κ3) is 3.10. The van der Waals surface area contributed by atoms with Gasteiger partial charge in [0.05, 0.1) is 18.5 Å². The van der Waals surface area contributed by atoms with Gasteiger partial charge < -0.3 is 9.64 Å². The van der Waals surface area contributed by atoms with Gasteiger partial charge in [-0.2, -0.15) is 5.10 Å². The lowest BCUT2D eigenvalue weighted by Gasteiger charge is -2.17. The van der Waals surface area contributed by atoms with Crippen LogP contribution in [0.25, 0.3) is 0 Å². The molecule has 0 amide bonds. The maximum Gasteiger partial charge on any atom is 0.341 e. The standard InChI is InChI=1S/C13H21N3O2/c1-4-18-13(17)11-7-14-16(3)12(11)9-15(2)8-10-5-6-10/h7,10H,4-6,8-9H2,1-3H3. The third-order valence-corrected chi connectivity index (χ3v) is 3.24. The van der Waals surface area contributed by atoms with Crippen LogP contribution >= 0.6 is 0 Å². The summed E-state index contributed by atoms with van der Waals surface area (Å²) in [5, 5.41) is 4.16. The second-order valence-corrected chi connectivity index (χ2v) is 4.99. The molecule has 100 valence electrons. The molecule has 1 aromatic rings. The van der Waals surface area contributed by atoms with Gasteiger partial charge in [-0.1, -0.05) is 0 Å². The molecule has 1 aromatic heterocycles. The van der Waals surface area contributed by atoms with E-state index in [0.29, 0.717) is 12.2 Å². The Morgan fingerprint density at radius 1 is 1.61 bits per heavy atom. The highest BCUT2D eigenvalue weighted by molar-refractivity contribution is 5.90. The van der Waals surface area contributed by atoms with Crippen molar-refractivity contribution in [1.29, 1.82) is 0 Å². The summed E-state index contributed by atoms with van der Waals surface area (Å²) in [6.45, 7) is 4.03. The lowest BCUT2D eigenvalue weighted by Crippen LogP contribution is -2.23. The van der Waals surface area contributed by atoms with Crippen molar-refractivity contribution >= 4 is 5.97 Å². The van der Waals surface area contributed by atoms with E-state index in [0.717, 1.165) is 24.7 Å². The minimum atomic E-state index is -0.277. The van der Waals surface area contributed by atoms with Crippen LogP contribution in [-0.4, -0.2) is 40.8 Å². The number of nitrogens with zero attached hydrogens (tertiary/aromatic N) is 3. The topological polar surface area (TPSA) is 47.4 Å². The van der Waals surface area contributed by atoms with Crippen molar-refractivity contribution in [2.75, 3.05) is 20.2 Å². The number of hydrogen-bond acceptors (Lipinski definition) is 4. The monoisotopic (exact) mass is 251 g/mol. The molecule has 1 aliphatic rings. The summed E-state index contributed by atoms with van der Waals surface area (Å²) in [7, 11) is 3.95. The molecule has 0 aromatic carbocycles. The number of ether oxygens (including phenoxy) is 1. The fourth-order valence-corrected chi connectivity index (χ4v) is 2.09. The summed E-state index contributed by atoms with van der Waals surface area (Å²) in [5.41, 5.74) is 1.51. The first-order valence-corrected chi connectivity index (χ1v) is 6.48. The number of carbonyl (C=O) groups is 1. The molecule has 1 heterocycles. The number of aryl methyl sites for hydroxylation is 1. The summed E-state index contributed by atoms with van der Waals surface area (Å²) < 4.78 is 6.81. The average Bonchev–Trinajstić information content (AvgIpc) is 3.04. The van der Waals surface area contributed by atoms with E-state index in [1.807, 2.05) is 14.0 Å². The van der Waals surface area contributed by atoms with Gasteiger partial charge in [0, 0.05) is 20.1 Å². The van der Waals surface area contributed by atoms with Crippen LogP contribution in [0.15, 0.2) is 6.20 Å². The van der Waals surface area contributed by atoms with E-state index in [-0.39, 0.29) is 5.97 Å². The lowest BCUT2D eigenvalue weighted by molar-refractivity contribution is 0.0524. The molecular formula is C13H21N3O2. The van der Waals surface area contributed by atoms with Crippen molar-refractivity contribution in [3.8, 4) is 0 Å². The molecule has 0 unspecified atom stereocenters. The van der Waals surface area contributed by atoms with Crippen LogP contribution in [0.3, 0.4) is 0 Å². The summed E-state index contributed by atoms with van der Waals surface area (Å²) in [6, 6.07) is 0. The zero-order chi connectivity index (χ0) is 13.1. The molecule has 0 bridgehead atoms. The summed E-state index contributed by atoms with van der Waals surface area (Å²) >= 11 is 0. The Morgan fingerprint density at radius 2 is 2.33 bits per heavy atom. The van der Waals surface area contributed by atoms with Crippen LogP contribution < -0.4 is 0 Å². The van der Waals surface area contributed by atoms with Crippen molar-refractivity contribution in [3.63, 3.8) is 0 Å². The van der Waals surface area contributed by atoms with E-state index in [2.05, 4.69) is 17.0 Å². The van der Waals surface area contributed by atoms with Crippen molar-refractivity contribution in [2.24, 2.45) is 13.0 Å². The van der Waals surface area contributed by atoms with Crippen LogP contribution in [0, 0.1) is 5.92 Å². The van der Waals surface area contributed by atoms with E-state index in [4.69, 9.17) is 4.74 Å². The highest BCUT2D eigenvalue weighted by atomic mass is 16.5. The Hall–Kier alpha value is -1.36. The highest BCUT2D eigenvalue weighted by Crippen LogP contribution is 2.29. The molecule has 5 nitrogen and oxygen atoms in total. The first-order chi connectivity index (χ1) is 8.61. The van der Waals surface area contributed by atoms with Gasteiger partial charge in [-0.15, -0.1) is 0 Å². The number of carbonyl (C=O) groups excluding carboxylic acids is 1. The van der Waals surface area contributed by atoms with Crippen molar-refractivity contribution in [3.05, 3.63) is 17.5 Å². The zero-order valence-electron chi connectivity index (χ0n) is 11.3. The van der Waals surface area contributed by atoms with Crippen LogP contribution in [0.1, 0.15) is 35.8 Å². The molecule has 1 aliphatic carbocycles. The smallest absolute Gasteiger partial charge is 0.341 e. The van der Waals surface area contributed by atoms with Gasteiger partial charge in [0.2, 0.25) is 0 Å². The zero-order valence-corrected chi connectivity index (χ0v) is 11.3. The molecule has 5 heteroatoms. The Bertz CT molecular complexity index is 424. The van der Waals surface area contributed by atoms with Gasteiger partial charge in [-0.3, -0.25) is 4.68 Å². The molecule has 0 radical (unpaired) electrons. The molecule has 2 rings (SSSR count). The number of rotatable bonds is 6.